The van der Waals surface area contributed by atoms with Gasteiger partial charge in [0.25, 0.3) is 0 Å². The van der Waals surface area contributed by atoms with E-state index in [4.69, 9.17) is 20.6 Å². The van der Waals surface area contributed by atoms with E-state index < -0.39 is 0 Å². The number of ether oxygens (including phenoxy) is 1. The zero-order valence-corrected chi connectivity index (χ0v) is 20.3. The molecule has 4 aromatic rings. The lowest BCUT2D eigenvalue weighted by molar-refractivity contribution is 0.199. The summed E-state index contributed by atoms with van der Waals surface area (Å²) in [6.45, 7) is 4.54. The number of nitrogens with one attached hydrogen (secondary N) is 1. The van der Waals surface area contributed by atoms with E-state index in [1.807, 2.05) is 24.3 Å². The zero-order chi connectivity index (χ0) is 23.5. The molecule has 0 atom stereocenters. The van der Waals surface area contributed by atoms with Crippen molar-refractivity contribution in [1.29, 1.82) is 0 Å². The van der Waals surface area contributed by atoms with Crippen molar-refractivity contribution in [3.8, 4) is 0 Å². The number of aryl methyl sites for hydroxylation is 2. The van der Waals surface area contributed by atoms with Crippen LogP contribution in [0.2, 0.25) is 0 Å². The molecule has 33 heavy (non-hydrogen) atoms. The minimum absolute atomic E-state index is 0.479. The lowest BCUT2D eigenvalue weighted by Gasteiger charge is -2.11. The molecule has 0 fully saturated rings. The van der Waals surface area contributed by atoms with Crippen molar-refractivity contribution in [2.75, 3.05) is 26.0 Å². The minimum Gasteiger partial charge on any atom is -0.384 e. The maximum Gasteiger partial charge on any atom is 0.152 e. The lowest BCUT2D eigenvalue weighted by Crippen LogP contribution is -2.11. The second kappa shape index (κ2) is 13.2. The molecule has 0 amide bonds. The van der Waals surface area contributed by atoms with Gasteiger partial charge in [0.2, 0.25) is 0 Å². The van der Waals surface area contributed by atoms with Gasteiger partial charge in [0.15, 0.2) is 5.82 Å². The molecule has 0 bridgehead atoms. The van der Waals surface area contributed by atoms with Gasteiger partial charge in [0, 0.05) is 44.1 Å². The van der Waals surface area contributed by atoms with E-state index in [0.29, 0.717) is 12.4 Å². The summed E-state index contributed by atoms with van der Waals surface area (Å²) in [5.74, 6) is 1.47. The molecule has 0 unspecified atom stereocenters. The number of hydrogen-bond donors (Lipinski definition) is 3. The standard InChI is InChI=1S/C17H24N6OS.C8H10/c1-24-11-8-14-22-15-16(23(14)10-5-4-9-20-25-19)12-6-2-3-7-13(12)21-17(15)18;1-2-8-6-4-3-5-7-8/h2-3,6-7,20H,4-5,8-11,19H2,1H3,(H2,18,21);3-7H,2H2,1H3. The molecule has 0 aliphatic carbocycles. The number of nitrogen functional groups attached to an aromatic ring is 1. The number of hydrogen-bond acceptors (Lipinski definition) is 7. The summed E-state index contributed by atoms with van der Waals surface area (Å²) < 4.78 is 10.6. The molecule has 2 aromatic carbocycles. The molecular weight excluding hydrogens is 432 g/mol. The maximum atomic E-state index is 6.18. The molecule has 176 valence electrons. The van der Waals surface area contributed by atoms with Gasteiger partial charge in [0.05, 0.1) is 17.6 Å². The number of rotatable bonds is 10. The topological polar surface area (TPSA) is 104 Å². The fourth-order valence-corrected chi connectivity index (χ4v) is 4.03. The summed E-state index contributed by atoms with van der Waals surface area (Å²) in [5, 5.41) is 6.48. The Bertz CT molecular complexity index is 1130. The molecule has 5 N–H and O–H groups in total. The van der Waals surface area contributed by atoms with Crippen molar-refractivity contribution in [1.82, 2.24) is 19.3 Å². The van der Waals surface area contributed by atoms with E-state index >= 15 is 0 Å². The fraction of sp³-hybridized carbons (Fsp3) is 0.360. The molecular formula is C25H34N6OS. The monoisotopic (exact) mass is 466 g/mol. The van der Waals surface area contributed by atoms with Crippen molar-refractivity contribution in [3.63, 3.8) is 0 Å². The van der Waals surface area contributed by atoms with Crippen LogP contribution in [0.4, 0.5) is 5.82 Å². The van der Waals surface area contributed by atoms with E-state index in [0.717, 1.165) is 78.7 Å². The van der Waals surface area contributed by atoms with Gasteiger partial charge in [-0.2, -0.15) is 0 Å². The maximum absolute atomic E-state index is 6.18. The van der Waals surface area contributed by atoms with Gasteiger partial charge < -0.3 is 15.0 Å². The molecule has 8 heteroatoms. The third kappa shape index (κ3) is 6.68. The average molecular weight is 467 g/mol. The highest BCUT2D eigenvalue weighted by Gasteiger charge is 2.16. The number of benzene rings is 2. The number of unbranched alkanes of at least 4 members (excludes halogenated alkanes) is 1. The van der Waals surface area contributed by atoms with Crippen molar-refractivity contribution in [2.45, 2.75) is 39.2 Å². The predicted molar refractivity (Wildman–Crippen MR) is 140 cm³/mol. The van der Waals surface area contributed by atoms with Gasteiger partial charge in [-0.25, -0.2) is 9.97 Å². The Morgan fingerprint density at radius 1 is 1.03 bits per heavy atom. The lowest BCUT2D eigenvalue weighted by atomic mass is 10.2. The highest BCUT2D eigenvalue weighted by Crippen LogP contribution is 2.29. The van der Waals surface area contributed by atoms with Crippen molar-refractivity contribution in [3.05, 3.63) is 66.0 Å². The number of aromatic nitrogens is 3. The highest BCUT2D eigenvalue weighted by molar-refractivity contribution is 7.95. The van der Waals surface area contributed by atoms with Gasteiger partial charge >= 0.3 is 0 Å². The second-order valence-electron chi connectivity index (χ2n) is 7.69. The summed E-state index contributed by atoms with van der Waals surface area (Å²) in [4.78, 5) is 9.27. The summed E-state index contributed by atoms with van der Waals surface area (Å²) in [6, 6.07) is 18.5. The summed E-state index contributed by atoms with van der Waals surface area (Å²) in [5.41, 5.74) is 10.3. The third-order valence-corrected chi connectivity index (χ3v) is 5.83. The number of anilines is 1. The highest BCUT2D eigenvalue weighted by atomic mass is 32.2. The first-order valence-electron chi connectivity index (χ1n) is 11.3. The number of imidazole rings is 1. The Morgan fingerprint density at radius 3 is 2.48 bits per heavy atom. The van der Waals surface area contributed by atoms with Gasteiger partial charge in [-0.1, -0.05) is 55.5 Å². The van der Waals surface area contributed by atoms with E-state index in [9.17, 15) is 0 Å². The Hall–Kier alpha value is -2.65. The Labute approximate surface area is 200 Å². The quantitative estimate of drug-likeness (QED) is 0.233. The largest absolute Gasteiger partial charge is 0.384 e. The number of fused-ring (bicyclic) bond motifs is 3. The SMILES string of the molecule is CCc1ccccc1.COCCc1nc2c(N)nc3ccccc3c2n1CCCCNSN. The zero-order valence-electron chi connectivity index (χ0n) is 19.5. The second-order valence-corrected chi connectivity index (χ2v) is 8.22. The number of pyridine rings is 1. The van der Waals surface area contributed by atoms with Crippen molar-refractivity contribution in [2.24, 2.45) is 5.14 Å². The number of para-hydroxylation sites is 1. The van der Waals surface area contributed by atoms with Gasteiger partial charge in [0.1, 0.15) is 11.3 Å². The number of nitrogens with zero attached hydrogens (tertiary/aromatic N) is 3. The van der Waals surface area contributed by atoms with Gasteiger partial charge in [-0.15, -0.1) is 0 Å². The van der Waals surface area contributed by atoms with Crippen LogP contribution in [-0.2, 0) is 24.1 Å². The molecule has 0 saturated carbocycles. The molecule has 0 spiro atoms. The smallest absolute Gasteiger partial charge is 0.152 e. The molecule has 0 aliphatic rings. The first-order valence-corrected chi connectivity index (χ1v) is 12.2. The minimum atomic E-state index is 0.479. The van der Waals surface area contributed by atoms with Crippen LogP contribution in [0, 0.1) is 0 Å². The Kier molecular flexibility index (Phi) is 9.96. The number of methoxy groups -OCH3 is 1. The number of nitrogens with two attached hydrogens (primary N) is 2. The normalized spacial score (nSPS) is 11.0. The van der Waals surface area contributed by atoms with Crippen LogP contribution in [0.25, 0.3) is 21.9 Å². The van der Waals surface area contributed by atoms with Crippen LogP contribution in [0.5, 0.6) is 0 Å². The molecule has 0 saturated heterocycles. The van der Waals surface area contributed by atoms with Crippen LogP contribution in [0.3, 0.4) is 0 Å². The molecule has 2 heterocycles. The molecule has 2 aromatic heterocycles. The summed E-state index contributed by atoms with van der Waals surface area (Å²) in [7, 11) is 1.70. The molecule has 4 rings (SSSR count). The van der Waals surface area contributed by atoms with Crippen LogP contribution in [-0.4, -0.2) is 34.8 Å². The summed E-state index contributed by atoms with van der Waals surface area (Å²) >= 11 is 1.16. The van der Waals surface area contributed by atoms with Crippen LogP contribution >= 0.6 is 12.1 Å². The van der Waals surface area contributed by atoms with E-state index in [1.54, 1.807) is 7.11 Å². The van der Waals surface area contributed by atoms with E-state index in [1.165, 1.54) is 5.56 Å². The van der Waals surface area contributed by atoms with Crippen LogP contribution in [0.1, 0.15) is 31.2 Å². The molecule has 0 aliphatic heterocycles. The van der Waals surface area contributed by atoms with Crippen molar-refractivity contribution >= 4 is 39.9 Å². The Balaban J connectivity index is 0.000000323. The first-order chi connectivity index (χ1) is 16.2. The van der Waals surface area contributed by atoms with Crippen LogP contribution in [0.15, 0.2) is 54.6 Å². The van der Waals surface area contributed by atoms with Crippen molar-refractivity contribution < 1.29 is 4.74 Å². The predicted octanol–water partition coefficient (Wildman–Crippen LogP) is 4.50. The Morgan fingerprint density at radius 2 is 1.79 bits per heavy atom. The van der Waals surface area contributed by atoms with Crippen LogP contribution < -0.4 is 15.6 Å². The molecule has 0 radical (unpaired) electrons. The van der Waals surface area contributed by atoms with E-state index in [2.05, 4.69) is 51.5 Å². The van der Waals surface area contributed by atoms with Gasteiger partial charge in [-0.05, 0) is 30.9 Å². The first kappa shape index (κ1) is 25.0. The average Bonchev–Trinajstić information content (AvgIpc) is 3.23. The van der Waals surface area contributed by atoms with E-state index in [-0.39, 0.29) is 0 Å². The third-order valence-electron chi connectivity index (χ3n) is 5.46. The van der Waals surface area contributed by atoms with Gasteiger partial charge in [-0.3, -0.25) is 9.86 Å². The summed E-state index contributed by atoms with van der Waals surface area (Å²) in [6.07, 6.45) is 3.94. The fourth-order valence-electron chi connectivity index (χ4n) is 3.77. The molecule has 7 nitrogen and oxygen atoms in total.